The molecule has 2 aromatic heterocycles. The summed E-state index contributed by atoms with van der Waals surface area (Å²) in [6.45, 7) is 1.93. The number of nitrogens with zero attached hydrogens (tertiary/aromatic N) is 2. The van der Waals surface area contributed by atoms with E-state index in [-0.39, 0.29) is 5.56 Å². The van der Waals surface area contributed by atoms with E-state index in [1.54, 1.807) is 12.3 Å². The third-order valence-corrected chi connectivity index (χ3v) is 1.99. The molecule has 0 aliphatic rings. The van der Waals surface area contributed by atoms with Gasteiger partial charge in [0.15, 0.2) is 0 Å². The number of rotatable bonds is 1. The van der Waals surface area contributed by atoms with Gasteiger partial charge in [0.2, 0.25) is 5.88 Å². The maximum absolute atomic E-state index is 11.6. The summed E-state index contributed by atoms with van der Waals surface area (Å²) in [6.07, 6.45) is 1.75. The fourth-order valence-electron chi connectivity index (χ4n) is 1.29. The van der Waals surface area contributed by atoms with Crippen molar-refractivity contribution >= 4 is 5.65 Å². The summed E-state index contributed by atoms with van der Waals surface area (Å²) in [5.41, 5.74) is 1.49. The fraction of sp³-hybridized carbons (Fsp3) is 0.200. The van der Waals surface area contributed by atoms with Crippen LogP contribution in [-0.4, -0.2) is 16.5 Å². The molecule has 0 saturated heterocycles. The Hall–Kier alpha value is -1.84. The highest BCUT2D eigenvalue weighted by Crippen LogP contribution is 2.06. The Balaban J connectivity index is 2.83. The minimum Gasteiger partial charge on any atom is -0.481 e. The number of ether oxygens (including phenoxy) is 1. The molecule has 72 valence electrons. The van der Waals surface area contributed by atoms with Crippen molar-refractivity contribution in [1.29, 1.82) is 0 Å². The Bertz CT molecular complexity index is 531. The van der Waals surface area contributed by atoms with Gasteiger partial charge in [0.25, 0.3) is 5.56 Å². The van der Waals surface area contributed by atoms with Crippen molar-refractivity contribution < 1.29 is 4.74 Å². The normalized spacial score (nSPS) is 10.4. The van der Waals surface area contributed by atoms with Crippen LogP contribution in [0.5, 0.6) is 5.88 Å². The predicted octanol–water partition coefficient (Wildman–Crippen LogP) is 1.01. The Morgan fingerprint density at radius 2 is 2.21 bits per heavy atom. The maximum Gasteiger partial charge on any atom is 0.261 e. The molecule has 0 saturated carbocycles. The van der Waals surface area contributed by atoms with Gasteiger partial charge in [0.05, 0.1) is 13.2 Å². The Labute approximate surface area is 80.8 Å². The van der Waals surface area contributed by atoms with E-state index in [1.165, 1.54) is 17.6 Å². The lowest BCUT2D eigenvalue weighted by Gasteiger charge is -2.03. The summed E-state index contributed by atoms with van der Waals surface area (Å²) in [4.78, 5) is 15.7. The van der Waals surface area contributed by atoms with Crippen molar-refractivity contribution in [2.24, 2.45) is 0 Å². The van der Waals surface area contributed by atoms with Gasteiger partial charge in [-0.3, -0.25) is 9.20 Å². The molecule has 14 heavy (non-hydrogen) atoms. The average molecular weight is 190 g/mol. The number of aryl methyl sites for hydroxylation is 1. The molecule has 0 N–H and O–H groups in total. The van der Waals surface area contributed by atoms with E-state index < -0.39 is 0 Å². The molecule has 0 bridgehead atoms. The lowest BCUT2D eigenvalue weighted by molar-refractivity contribution is 0.397. The van der Waals surface area contributed by atoms with Crippen LogP contribution in [0, 0.1) is 6.92 Å². The SMILES string of the molecule is COc1cc(=O)n2cc(C)ccc2n1. The van der Waals surface area contributed by atoms with E-state index >= 15 is 0 Å². The van der Waals surface area contributed by atoms with Crippen LogP contribution in [0.4, 0.5) is 0 Å². The lowest BCUT2D eigenvalue weighted by atomic mass is 10.3. The summed E-state index contributed by atoms with van der Waals surface area (Å²) in [6, 6.07) is 5.06. The zero-order chi connectivity index (χ0) is 10.1. The zero-order valence-corrected chi connectivity index (χ0v) is 8.02. The second-order valence-electron chi connectivity index (χ2n) is 3.07. The van der Waals surface area contributed by atoms with Gasteiger partial charge in [-0.2, -0.15) is 4.98 Å². The van der Waals surface area contributed by atoms with E-state index in [1.807, 2.05) is 13.0 Å². The third-order valence-electron chi connectivity index (χ3n) is 1.99. The standard InChI is InChI=1S/C10H10N2O2/c1-7-3-4-8-11-9(14-2)5-10(13)12(8)6-7/h3-6H,1-2H3. The van der Waals surface area contributed by atoms with Gasteiger partial charge in [-0.25, -0.2) is 0 Å². The molecule has 2 heterocycles. The van der Waals surface area contributed by atoms with Crippen LogP contribution in [0.15, 0.2) is 29.2 Å². The third kappa shape index (κ3) is 1.35. The molecule has 2 rings (SSSR count). The Kier molecular flexibility index (Phi) is 1.96. The van der Waals surface area contributed by atoms with Crippen molar-refractivity contribution in [1.82, 2.24) is 9.38 Å². The molecule has 0 radical (unpaired) electrons. The highest BCUT2D eigenvalue weighted by atomic mass is 16.5. The monoisotopic (exact) mass is 190 g/mol. The van der Waals surface area contributed by atoms with Crippen LogP contribution in [-0.2, 0) is 0 Å². The first-order chi connectivity index (χ1) is 6.70. The molecule has 0 aliphatic carbocycles. The highest BCUT2D eigenvalue weighted by Gasteiger charge is 2.01. The van der Waals surface area contributed by atoms with E-state index in [9.17, 15) is 4.79 Å². The molecular weight excluding hydrogens is 180 g/mol. The first-order valence-corrected chi connectivity index (χ1v) is 4.25. The average Bonchev–Trinajstić information content (AvgIpc) is 2.19. The van der Waals surface area contributed by atoms with Gasteiger partial charge >= 0.3 is 0 Å². The first kappa shape index (κ1) is 8.74. The molecule has 0 aromatic carbocycles. The lowest BCUT2D eigenvalue weighted by Crippen LogP contribution is -2.14. The Morgan fingerprint density at radius 3 is 2.93 bits per heavy atom. The largest absolute Gasteiger partial charge is 0.481 e. The number of methoxy groups -OCH3 is 1. The molecule has 0 atom stereocenters. The number of aromatic nitrogens is 2. The van der Waals surface area contributed by atoms with Gasteiger partial charge in [0.1, 0.15) is 5.65 Å². The molecule has 0 spiro atoms. The maximum atomic E-state index is 11.6. The van der Waals surface area contributed by atoms with Crippen LogP contribution in [0.25, 0.3) is 5.65 Å². The van der Waals surface area contributed by atoms with Crippen molar-refractivity contribution in [3.05, 3.63) is 40.3 Å². The zero-order valence-electron chi connectivity index (χ0n) is 8.02. The molecule has 0 fully saturated rings. The second kappa shape index (κ2) is 3.14. The summed E-state index contributed by atoms with van der Waals surface area (Å²) in [5.74, 6) is 0.346. The smallest absolute Gasteiger partial charge is 0.261 e. The van der Waals surface area contributed by atoms with Crippen molar-refractivity contribution in [2.45, 2.75) is 6.92 Å². The van der Waals surface area contributed by atoms with Gasteiger partial charge in [0, 0.05) is 6.20 Å². The predicted molar refractivity (Wildman–Crippen MR) is 52.8 cm³/mol. The topological polar surface area (TPSA) is 43.6 Å². The molecule has 0 unspecified atom stereocenters. The van der Waals surface area contributed by atoms with Crippen LogP contribution >= 0.6 is 0 Å². The van der Waals surface area contributed by atoms with E-state index in [2.05, 4.69) is 4.98 Å². The number of fused-ring (bicyclic) bond motifs is 1. The highest BCUT2D eigenvalue weighted by molar-refractivity contribution is 5.41. The minimum absolute atomic E-state index is 0.129. The van der Waals surface area contributed by atoms with Gasteiger partial charge in [-0.1, -0.05) is 6.07 Å². The number of hydrogen-bond acceptors (Lipinski definition) is 3. The second-order valence-corrected chi connectivity index (χ2v) is 3.07. The van der Waals surface area contributed by atoms with Gasteiger partial charge in [-0.05, 0) is 18.6 Å². The van der Waals surface area contributed by atoms with Crippen molar-refractivity contribution in [3.63, 3.8) is 0 Å². The minimum atomic E-state index is -0.129. The number of hydrogen-bond donors (Lipinski definition) is 0. The van der Waals surface area contributed by atoms with Gasteiger partial charge in [-0.15, -0.1) is 0 Å². The van der Waals surface area contributed by atoms with Crippen molar-refractivity contribution in [2.75, 3.05) is 7.11 Å². The summed E-state index contributed by atoms with van der Waals surface area (Å²) in [5, 5.41) is 0. The van der Waals surface area contributed by atoms with E-state index in [0.29, 0.717) is 11.5 Å². The molecule has 0 aliphatic heterocycles. The molecule has 4 nitrogen and oxygen atoms in total. The van der Waals surface area contributed by atoms with Gasteiger partial charge < -0.3 is 4.74 Å². The quantitative estimate of drug-likeness (QED) is 0.674. The van der Waals surface area contributed by atoms with Crippen LogP contribution < -0.4 is 10.3 Å². The number of pyridine rings is 1. The van der Waals surface area contributed by atoms with Crippen molar-refractivity contribution in [3.8, 4) is 5.88 Å². The fourth-order valence-corrected chi connectivity index (χ4v) is 1.29. The van der Waals surface area contributed by atoms with Crippen LogP contribution in [0.2, 0.25) is 0 Å². The molecule has 2 aromatic rings. The first-order valence-electron chi connectivity index (χ1n) is 4.25. The summed E-state index contributed by atoms with van der Waals surface area (Å²) >= 11 is 0. The van der Waals surface area contributed by atoms with Crippen LogP contribution in [0.1, 0.15) is 5.56 Å². The summed E-state index contributed by atoms with van der Waals surface area (Å²) < 4.78 is 6.41. The van der Waals surface area contributed by atoms with E-state index in [4.69, 9.17) is 4.74 Å². The molecule has 4 heteroatoms. The Morgan fingerprint density at radius 1 is 1.43 bits per heavy atom. The molecule has 0 amide bonds. The van der Waals surface area contributed by atoms with E-state index in [0.717, 1.165) is 5.56 Å². The van der Waals surface area contributed by atoms with Crippen LogP contribution in [0.3, 0.4) is 0 Å². The summed E-state index contributed by atoms with van der Waals surface area (Å²) in [7, 11) is 1.49. The molecular formula is C10H10N2O2.